The first-order valence-electron chi connectivity index (χ1n) is 6.04. The summed E-state index contributed by atoms with van der Waals surface area (Å²) in [5.41, 5.74) is 0. The monoisotopic (exact) mass is 258 g/mol. The van der Waals surface area contributed by atoms with Crippen molar-refractivity contribution in [3.05, 3.63) is 0 Å². The number of rotatable bonds is 6. The minimum Gasteiger partial charge on any atom is -0.305 e. The molecule has 0 aliphatic rings. The molecule has 0 spiro atoms. The summed E-state index contributed by atoms with van der Waals surface area (Å²) in [6.07, 6.45) is 1.33. The molecule has 1 atom stereocenters. The van der Waals surface area contributed by atoms with Crippen LogP contribution in [0, 0.1) is 5.92 Å². The Hall–Kier alpha value is -0.226. The largest absolute Gasteiger partial charge is 0.305 e. The highest BCUT2D eigenvalue weighted by Gasteiger charge is 2.30. The van der Waals surface area contributed by atoms with Gasteiger partial charge in [0.15, 0.2) is 0 Å². The number of hydrogen-bond acceptors (Lipinski definition) is 2. The summed E-state index contributed by atoms with van der Waals surface area (Å²) in [6.45, 7) is 14.4. The quantitative estimate of drug-likeness (QED) is 0.685. The van der Waals surface area contributed by atoms with Gasteiger partial charge in [-0.2, -0.15) is 0 Å². The van der Waals surface area contributed by atoms with Gasteiger partial charge < -0.3 is 9.59 Å². The molecule has 16 heavy (non-hydrogen) atoms. The van der Waals surface area contributed by atoms with E-state index < -0.39 is 16.1 Å². The maximum Gasteiger partial charge on any atom is 0.124 e. The Bertz CT molecular complexity index is 272. The maximum atomic E-state index is 12.0. The molecule has 0 aliphatic heterocycles. The first kappa shape index (κ1) is 15.8. The predicted octanol–water partition coefficient (Wildman–Crippen LogP) is 3.30. The van der Waals surface area contributed by atoms with Crippen LogP contribution in [0.3, 0.4) is 0 Å². The minimum atomic E-state index is -1.68. The van der Waals surface area contributed by atoms with Crippen LogP contribution in [0.25, 0.3) is 0 Å². The van der Waals surface area contributed by atoms with E-state index in [0.717, 1.165) is 6.42 Å². The van der Waals surface area contributed by atoms with Crippen molar-refractivity contribution in [2.24, 2.45) is 5.92 Å². The zero-order chi connectivity index (χ0) is 13.1. The zero-order valence-electron chi connectivity index (χ0n) is 11.8. The van der Waals surface area contributed by atoms with Crippen LogP contribution in [0.5, 0.6) is 0 Å². The third-order valence-corrected chi connectivity index (χ3v) is 6.72. The van der Waals surface area contributed by atoms with Gasteiger partial charge in [-0.15, -0.1) is 0 Å². The lowest BCUT2D eigenvalue weighted by Crippen LogP contribution is -2.39. The summed E-state index contributed by atoms with van der Waals surface area (Å²) in [5.74, 6) is 0.0620. The number of carbonyl (C=O) groups is 2. The van der Waals surface area contributed by atoms with E-state index in [-0.39, 0.29) is 5.92 Å². The van der Waals surface area contributed by atoms with Gasteiger partial charge in [0, 0.05) is 12.3 Å². The van der Waals surface area contributed by atoms with Crippen LogP contribution in [0.1, 0.15) is 19.8 Å². The van der Waals surface area contributed by atoms with Crippen molar-refractivity contribution in [3.8, 4) is 0 Å². The summed E-state index contributed by atoms with van der Waals surface area (Å²) in [4.78, 5) is 23.8. The molecule has 94 valence electrons. The molecule has 0 amide bonds. The lowest BCUT2D eigenvalue weighted by Gasteiger charge is -2.21. The van der Waals surface area contributed by atoms with Gasteiger partial charge in [0.2, 0.25) is 0 Å². The first-order chi connectivity index (χ1) is 6.96. The third kappa shape index (κ3) is 5.21. The second-order valence-corrected chi connectivity index (χ2v) is 16.8. The van der Waals surface area contributed by atoms with Crippen LogP contribution in [0.15, 0.2) is 0 Å². The van der Waals surface area contributed by atoms with E-state index in [1.54, 1.807) is 0 Å². The van der Waals surface area contributed by atoms with Gasteiger partial charge in [0.25, 0.3) is 0 Å². The molecule has 0 aromatic heterocycles. The highest BCUT2D eigenvalue weighted by Crippen LogP contribution is 2.17. The van der Waals surface area contributed by atoms with E-state index in [1.165, 1.54) is 0 Å². The van der Waals surface area contributed by atoms with Gasteiger partial charge in [-0.3, -0.25) is 0 Å². The molecule has 0 bridgehead atoms. The second kappa shape index (κ2) is 5.40. The van der Waals surface area contributed by atoms with Crippen molar-refractivity contribution >= 4 is 27.0 Å². The highest BCUT2D eigenvalue weighted by molar-refractivity contribution is 7.04. The summed E-state index contributed by atoms with van der Waals surface area (Å²) in [5, 5.41) is 0.790. The fourth-order valence-corrected chi connectivity index (χ4v) is 4.11. The van der Waals surface area contributed by atoms with Crippen LogP contribution < -0.4 is 0 Å². The normalized spacial score (nSPS) is 14.7. The Morgan fingerprint density at radius 1 is 0.938 bits per heavy atom. The lowest BCUT2D eigenvalue weighted by molar-refractivity contribution is -0.116. The van der Waals surface area contributed by atoms with E-state index in [1.807, 2.05) is 6.92 Å². The summed E-state index contributed by atoms with van der Waals surface area (Å²) in [6, 6.07) is 0. The van der Waals surface area contributed by atoms with Gasteiger partial charge in [0.1, 0.15) is 27.0 Å². The van der Waals surface area contributed by atoms with Crippen molar-refractivity contribution in [3.63, 3.8) is 0 Å². The van der Waals surface area contributed by atoms with Crippen LogP contribution >= 0.6 is 0 Å². The molecule has 4 heteroatoms. The Morgan fingerprint density at radius 2 is 1.38 bits per heavy atom. The van der Waals surface area contributed by atoms with Crippen molar-refractivity contribution in [2.45, 2.75) is 59.0 Å². The van der Waals surface area contributed by atoms with E-state index in [0.29, 0.717) is 17.2 Å². The van der Waals surface area contributed by atoms with E-state index in [4.69, 9.17) is 0 Å². The molecule has 0 N–H and O–H groups in total. The van der Waals surface area contributed by atoms with Gasteiger partial charge >= 0.3 is 0 Å². The number of carbonyl (C=O) groups excluding carboxylic acids is 2. The maximum absolute atomic E-state index is 12.0. The molecule has 1 unspecified atom stereocenters. The van der Waals surface area contributed by atoms with Crippen molar-refractivity contribution in [1.82, 2.24) is 0 Å². The Kier molecular flexibility index (Phi) is 5.33. The summed E-state index contributed by atoms with van der Waals surface area (Å²) >= 11 is 0. The van der Waals surface area contributed by atoms with Gasteiger partial charge in [-0.05, 0) is 6.42 Å². The van der Waals surface area contributed by atoms with E-state index >= 15 is 0 Å². The smallest absolute Gasteiger partial charge is 0.124 e. The molecular formula is C12H26O2Si2. The minimum absolute atomic E-state index is 0.0620. The molecular weight excluding hydrogens is 232 g/mol. The number of hydrogen-bond donors (Lipinski definition) is 0. The third-order valence-electron chi connectivity index (χ3n) is 2.83. The molecule has 0 radical (unpaired) electrons. The van der Waals surface area contributed by atoms with Crippen LogP contribution in [0.2, 0.25) is 39.3 Å². The highest BCUT2D eigenvalue weighted by atomic mass is 28.3. The van der Waals surface area contributed by atoms with Crippen molar-refractivity contribution in [1.29, 1.82) is 0 Å². The van der Waals surface area contributed by atoms with Gasteiger partial charge in [0.05, 0.1) is 0 Å². The average Bonchev–Trinajstić information content (AvgIpc) is 2.09. The Labute approximate surface area is 102 Å². The molecule has 0 fully saturated rings. The van der Waals surface area contributed by atoms with E-state index in [2.05, 4.69) is 39.3 Å². The molecule has 0 saturated heterocycles. The molecule has 0 heterocycles. The predicted molar refractivity (Wildman–Crippen MR) is 75.1 cm³/mol. The molecule has 0 rings (SSSR count). The molecule has 2 nitrogen and oxygen atoms in total. The summed E-state index contributed by atoms with van der Waals surface area (Å²) in [7, 11) is -3.33. The topological polar surface area (TPSA) is 34.1 Å². The van der Waals surface area contributed by atoms with E-state index in [9.17, 15) is 9.59 Å². The fourth-order valence-electron chi connectivity index (χ4n) is 1.59. The molecule has 0 aliphatic carbocycles. The second-order valence-electron chi connectivity index (χ2n) is 6.73. The lowest BCUT2D eigenvalue weighted by atomic mass is 10.1. The standard InChI is InChI=1S/C12H26O2Si2/c1-10(12(14)16(5,6)7)8-9-11(13)15(2,3)4/h10H,8-9H2,1-7H3. The Morgan fingerprint density at radius 3 is 1.69 bits per heavy atom. The Balaban J connectivity index is 4.25. The van der Waals surface area contributed by atoms with Crippen LogP contribution in [-0.4, -0.2) is 27.0 Å². The zero-order valence-corrected chi connectivity index (χ0v) is 13.8. The fraction of sp³-hybridized carbons (Fsp3) is 0.833. The van der Waals surface area contributed by atoms with Gasteiger partial charge in [-0.25, -0.2) is 0 Å². The average molecular weight is 259 g/mol. The molecule has 0 aromatic carbocycles. The van der Waals surface area contributed by atoms with Gasteiger partial charge in [-0.1, -0.05) is 46.2 Å². The molecule has 0 saturated carbocycles. The molecule has 0 aromatic rings. The van der Waals surface area contributed by atoms with Crippen molar-refractivity contribution < 1.29 is 9.59 Å². The SMILES string of the molecule is CC(CCC(=O)[Si](C)(C)C)C(=O)[Si](C)(C)C. The van der Waals surface area contributed by atoms with Crippen LogP contribution in [-0.2, 0) is 9.59 Å². The first-order valence-corrected chi connectivity index (χ1v) is 13.0. The van der Waals surface area contributed by atoms with Crippen LogP contribution in [0.4, 0.5) is 0 Å². The van der Waals surface area contributed by atoms with Crippen molar-refractivity contribution in [2.75, 3.05) is 0 Å². The summed E-state index contributed by atoms with van der Waals surface area (Å²) < 4.78 is 0.